The zero-order valence-corrected chi connectivity index (χ0v) is 16.0. The lowest BCUT2D eigenvalue weighted by molar-refractivity contribution is 0.102. The van der Waals surface area contributed by atoms with Gasteiger partial charge in [-0.25, -0.2) is 8.42 Å². The molecule has 0 fully saturated rings. The minimum Gasteiger partial charge on any atom is -0.338 e. The number of aromatic nitrogens is 1. The van der Waals surface area contributed by atoms with Gasteiger partial charge in [0.15, 0.2) is 0 Å². The number of hydrogen-bond acceptors (Lipinski definition) is 5. The van der Waals surface area contributed by atoms with Crippen molar-refractivity contribution in [2.45, 2.75) is 50.5 Å². The molecule has 3 rings (SSSR count). The minimum atomic E-state index is -3.57. The number of nitrogens with zero attached hydrogens (tertiary/aromatic N) is 2. The van der Waals surface area contributed by atoms with E-state index in [1.54, 1.807) is 13.8 Å². The number of benzene rings is 1. The fraction of sp³-hybridized carbons (Fsp3) is 0.444. The van der Waals surface area contributed by atoms with Crippen molar-refractivity contribution >= 4 is 21.8 Å². The number of carbonyl (C=O) groups excluding carboxylic acids is 1. The van der Waals surface area contributed by atoms with Gasteiger partial charge in [0.05, 0.1) is 10.6 Å². The molecule has 0 saturated heterocycles. The topological polar surface area (TPSA) is 92.5 Å². The molecule has 1 N–H and O–H groups in total. The Morgan fingerprint density at radius 2 is 1.85 bits per heavy atom. The second kappa shape index (κ2) is 7.20. The lowest BCUT2D eigenvalue weighted by Crippen LogP contribution is -2.33. The van der Waals surface area contributed by atoms with E-state index in [0.717, 1.165) is 36.9 Å². The molecule has 1 aromatic carbocycles. The van der Waals surface area contributed by atoms with Gasteiger partial charge in [-0.2, -0.15) is 4.31 Å². The Labute approximate surface area is 153 Å². The highest BCUT2D eigenvalue weighted by molar-refractivity contribution is 7.89. The van der Waals surface area contributed by atoms with Crippen molar-refractivity contribution in [2.75, 3.05) is 12.4 Å². The van der Waals surface area contributed by atoms with Gasteiger partial charge >= 0.3 is 0 Å². The van der Waals surface area contributed by atoms with Crippen LogP contribution >= 0.6 is 0 Å². The Kier molecular flexibility index (Phi) is 5.15. The van der Waals surface area contributed by atoms with Gasteiger partial charge in [0.1, 0.15) is 0 Å². The highest BCUT2D eigenvalue weighted by Gasteiger charge is 2.24. The van der Waals surface area contributed by atoms with Crippen LogP contribution in [-0.2, 0) is 22.9 Å². The minimum absolute atomic E-state index is 0.152. The van der Waals surface area contributed by atoms with Gasteiger partial charge in [-0.15, -0.1) is 0 Å². The van der Waals surface area contributed by atoms with Gasteiger partial charge in [0.25, 0.3) is 5.91 Å². The summed E-state index contributed by atoms with van der Waals surface area (Å²) in [6, 6.07) is 5.73. The zero-order valence-electron chi connectivity index (χ0n) is 15.2. The lowest BCUT2D eigenvalue weighted by atomic mass is 9.97. The van der Waals surface area contributed by atoms with Crippen LogP contribution in [0.5, 0.6) is 0 Å². The predicted molar refractivity (Wildman–Crippen MR) is 97.6 cm³/mol. The van der Waals surface area contributed by atoms with Crippen LogP contribution in [0.4, 0.5) is 5.88 Å². The molecule has 1 heterocycles. The molecule has 0 radical (unpaired) electrons. The third kappa shape index (κ3) is 3.52. The van der Waals surface area contributed by atoms with E-state index in [1.807, 2.05) is 0 Å². The van der Waals surface area contributed by atoms with Crippen LogP contribution in [0.3, 0.4) is 0 Å². The summed E-state index contributed by atoms with van der Waals surface area (Å²) in [6.45, 7) is 3.61. The van der Waals surface area contributed by atoms with Crippen LogP contribution in [0.15, 0.2) is 33.7 Å². The Morgan fingerprint density at radius 3 is 2.50 bits per heavy atom. The summed E-state index contributed by atoms with van der Waals surface area (Å²) in [5.74, 6) is 0.0385. The van der Waals surface area contributed by atoms with Crippen LogP contribution in [0.2, 0.25) is 0 Å². The van der Waals surface area contributed by atoms with E-state index in [9.17, 15) is 13.2 Å². The second-order valence-electron chi connectivity index (χ2n) is 6.74. The summed E-state index contributed by atoms with van der Waals surface area (Å²) >= 11 is 0. The number of anilines is 1. The first-order valence-electron chi connectivity index (χ1n) is 8.67. The summed E-state index contributed by atoms with van der Waals surface area (Å²) in [7, 11) is -2.03. The first kappa shape index (κ1) is 18.6. The first-order chi connectivity index (χ1) is 12.3. The molecule has 26 heavy (non-hydrogen) atoms. The van der Waals surface area contributed by atoms with E-state index < -0.39 is 10.0 Å². The zero-order chi connectivity index (χ0) is 18.9. The van der Waals surface area contributed by atoms with E-state index in [2.05, 4.69) is 10.5 Å². The average Bonchev–Trinajstić information content (AvgIpc) is 3.04. The maximum Gasteiger partial charge on any atom is 0.258 e. The molecule has 0 saturated carbocycles. The van der Waals surface area contributed by atoms with Crippen LogP contribution < -0.4 is 5.32 Å². The van der Waals surface area contributed by atoms with Crippen molar-refractivity contribution in [3.63, 3.8) is 0 Å². The number of aryl methyl sites for hydroxylation is 1. The Morgan fingerprint density at radius 1 is 1.19 bits per heavy atom. The van der Waals surface area contributed by atoms with Crippen molar-refractivity contribution in [2.24, 2.45) is 0 Å². The van der Waals surface area contributed by atoms with E-state index in [-0.39, 0.29) is 16.8 Å². The molecule has 1 amide bonds. The summed E-state index contributed by atoms with van der Waals surface area (Å²) in [4.78, 5) is 12.6. The fourth-order valence-corrected chi connectivity index (χ4v) is 4.25. The maximum atomic E-state index is 12.5. The van der Waals surface area contributed by atoms with Crippen LogP contribution in [0, 0.1) is 0 Å². The van der Waals surface area contributed by atoms with Gasteiger partial charge in [0.2, 0.25) is 15.9 Å². The Bertz CT molecular complexity index is 901. The van der Waals surface area contributed by atoms with Crippen molar-refractivity contribution in [3.05, 3.63) is 41.1 Å². The van der Waals surface area contributed by atoms with Crippen molar-refractivity contribution in [1.29, 1.82) is 0 Å². The van der Waals surface area contributed by atoms with Crippen molar-refractivity contribution in [1.82, 2.24) is 9.46 Å². The molecular formula is C18H23N3O4S. The van der Waals surface area contributed by atoms with Gasteiger partial charge < -0.3 is 4.52 Å². The first-order valence-corrected chi connectivity index (χ1v) is 10.1. The van der Waals surface area contributed by atoms with Crippen molar-refractivity contribution in [3.8, 4) is 0 Å². The maximum absolute atomic E-state index is 12.5. The van der Waals surface area contributed by atoms with Crippen molar-refractivity contribution < 1.29 is 17.7 Å². The number of nitrogens with one attached hydrogen (secondary N) is 1. The molecule has 1 aliphatic carbocycles. The predicted octanol–water partition coefficient (Wildman–Crippen LogP) is 2.83. The van der Waals surface area contributed by atoms with E-state index in [4.69, 9.17) is 4.52 Å². The fourth-order valence-electron chi connectivity index (χ4n) is 2.89. The summed E-state index contributed by atoms with van der Waals surface area (Å²) in [5.41, 5.74) is 2.23. The summed E-state index contributed by atoms with van der Waals surface area (Å²) < 4.78 is 31.5. The molecular weight excluding hydrogens is 354 g/mol. The molecule has 1 aliphatic rings. The summed E-state index contributed by atoms with van der Waals surface area (Å²) in [5, 5.41) is 6.75. The molecule has 2 aromatic rings. The molecule has 0 bridgehead atoms. The van der Waals surface area contributed by atoms with Gasteiger partial charge in [-0.1, -0.05) is 5.16 Å². The molecule has 1 aromatic heterocycles. The molecule has 7 nitrogen and oxygen atoms in total. The van der Waals surface area contributed by atoms with Gasteiger partial charge in [-0.3, -0.25) is 10.1 Å². The largest absolute Gasteiger partial charge is 0.338 e. The smallest absolute Gasteiger partial charge is 0.258 e. The van der Waals surface area contributed by atoms with Crippen LogP contribution in [0.25, 0.3) is 0 Å². The van der Waals surface area contributed by atoms with Crippen LogP contribution in [-0.4, -0.2) is 36.9 Å². The average molecular weight is 377 g/mol. The molecule has 140 valence electrons. The van der Waals surface area contributed by atoms with Crippen LogP contribution in [0.1, 0.15) is 48.3 Å². The number of fused-ring (bicyclic) bond motifs is 1. The molecule has 0 unspecified atom stereocenters. The third-order valence-electron chi connectivity index (χ3n) is 4.71. The highest BCUT2D eigenvalue weighted by Crippen LogP contribution is 2.28. The quantitative estimate of drug-likeness (QED) is 0.865. The lowest BCUT2D eigenvalue weighted by Gasteiger charge is -2.21. The summed E-state index contributed by atoms with van der Waals surface area (Å²) in [6.07, 6.45) is 3.83. The number of sulfonamides is 1. The Hall–Kier alpha value is -2.19. The number of rotatable bonds is 5. The molecule has 0 aliphatic heterocycles. The van der Waals surface area contributed by atoms with E-state index in [1.165, 1.54) is 35.6 Å². The van der Waals surface area contributed by atoms with Gasteiger partial charge in [0, 0.05) is 24.2 Å². The SMILES string of the molecule is CC(C)N(C)S(=O)(=O)c1ccc(C(=O)Nc2onc3c2CCCC3)cc1. The normalized spacial score (nSPS) is 14.5. The number of amides is 1. The number of carbonyl (C=O) groups is 1. The van der Waals surface area contributed by atoms with E-state index in [0.29, 0.717) is 11.4 Å². The molecule has 8 heteroatoms. The monoisotopic (exact) mass is 377 g/mol. The van der Waals surface area contributed by atoms with Gasteiger partial charge in [-0.05, 0) is 63.8 Å². The van der Waals surface area contributed by atoms with E-state index >= 15 is 0 Å². The molecule has 0 spiro atoms. The third-order valence-corrected chi connectivity index (χ3v) is 6.76. The second-order valence-corrected chi connectivity index (χ2v) is 8.74. The number of hydrogen-bond donors (Lipinski definition) is 1. The Balaban J connectivity index is 1.76. The standard InChI is InChI=1S/C18H23N3O4S/c1-12(2)21(3)26(23,24)14-10-8-13(9-11-14)17(22)19-18-15-6-4-5-7-16(15)20-25-18/h8-12H,4-7H2,1-3H3,(H,19,22). The highest BCUT2D eigenvalue weighted by atomic mass is 32.2. The molecule has 0 atom stereocenters.